The molecule has 1 aromatic heterocycles. The van der Waals surface area contributed by atoms with Crippen LogP contribution in [0.25, 0.3) is 0 Å². The summed E-state index contributed by atoms with van der Waals surface area (Å²) in [7, 11) is 6.30. The van der Waals surface area contributed by atoms with E-state index in [0.717, 1.165) is 30.0 Å². The number of hydrogen-bond donors (Lipinski definition) is 4. The van der Waals surface area contributed by atoms with E-state index in [1.54, 1.807) is 24.4 Å². The Morgan fingerprint density at radius 3 is 2.49 bits per heavy atom. The van der Waals surface area contributed by atoms with E-state index < -0.39 is 11.1 Å². The maximum atomic E-state index is 11.8. The maximum Gasteiger partial charge on any atom is 0.229 e. The number of nitrogens with one attached hydrogen (secondary N) is 3. The minimum absolute atomic E-state index is 0.0232. The summed E-state index contributed by atoms with van der Waals surface area (Å²) < 4.78 is 28.0. The molecule has 0 bridgehead atoms. The SMILES string of the molecule is CNCCC(C)Oc1cc(C2CCC(N(C)C)CC2)c(C)cc1Nc1ncc(C)c(Nc2ccccc2S(=O)O)n1. The first-order valence-corrected chi connectivity index (χ1v) is 15.5. The molecule has 3 aromatic rings. The fraction of sp³-hybridized carbons (Fsp3) is 0.484. The van der Waals surface area contributed by atoms with Crippen molar-refractivity contribution in [3.8, 4) is 5.75 Å². The standard InChI is InChI=1S/C31H44N6O3S/c1-20-17-27(35-31-33-19-21(2)30(36-31)34-26-9-7-8-10-29(26)41(38)39)28(40-22(3)15-16-32-4)18-25(20)23-11-13-24(14-12-23)37(5)6/h7-10,17-19,22-24,32H,11-16H2,1-6H3,(H,38,39)(H2,33,34,35,36). The molecule has 4 rings (SSSR count). The van der Waals surface area contributed by atoms with E-state index in [-0.39, 0.29) is 11.0 Å². The Kier molecular flexibility index (Phi) is 10.7. The second-order valence-corrected chi connectivity index (χ2v) is 12.2. The van der Waals surface area contributed by atoms with Crippen LogP contribution in [0.2, 0.25) is 0 Å². The van der Waals surface area contributed by atoms with Crippen LogP contribution in [0, 0.1) is 13.8 Å². The van der Waals surface area contributed by atoms with Gasteiger partial charge in [-0.3, -0.25) is 0 Å². The lowest BCUT2D eigenvalue weighted by Crippen LogP contribution is -2.31. The minimum atomic E-state index is -2.13. The van der Waals surface area contributed by atoms with E-state index in [0.29, 0.717) is 29.4 Å². The summed E-state index contributed by atoms with van der Waals surface area (Å²) in [6.07, 6.45) is 7.38. The molecule has 0 amide bonds. The zero-order chi connectivity index (χ0) is 29.5. The third-order valence-electron chi connectivity index (χ3n) is 7.91. The average molecular weight is 581 g/mol. The van der Waals surface area contributed by atoms with Gasteiger partial charge in [-0.25, -0.2) is 9.19 Å². The van der Waals surface area contributed by atoms with Gasteiger partial charge in [0.05, 0.1) is 22.4 Å². The summed E-state index contributed by atoms with van der Waals surface area (Å²) in [4.78, 5) is 11.9. The van der Waals surface area contributed by atoms with Crippen molar-refractivity contribution in [2.75, 3.05) is 38.3 Å². The predicted molar refractivity (Wildman–Crippen MR) is 167 cm³/mol. The molecule has 0 radical (unpaired) electrons. The van der Waals surface area contributed by atoms with Gasteiger partial charge in [-0.15, -0.1) is 0 Å². The molecule has 2 unspecified atom stereocenters. The fourth-order valence-corrected chi connectivity index (χ4v) is 5.97. The highest BCUT2D eigenvalue weighted by Gasteiger charge is 2.26. The minimum Gasteiger partial charge on any atom is -0.488 e. The molecule has 0 aliphatic heterocycles. The number of aryl methyl sites for hydroxylation is 2. The topological polar surface area (TPSA) is 112 Å². The molecule has 2 aromatic carbocycles. The molecule has 1 heterocycles. The van der Waals surface area contributed by atoms with E-state index >= 15 is 0 Å². The Bertz CT molecular complexity index is 1340. The molecule has 0 saturated heterocycles. The van der Waals surface area contributed by atoms with Crippen LogP contribution in [0.15, 0.2) is 47.5 Å². The lowest BCUT2D eigenvalue weighted by Gasteiger charge is -2.33. The van der Waals surface area contributed by atoms with Gasteiger partial charge in [0.15, 0.2) is 11.1 Å². The lowest BCUT2D eigenvalue weighted by molar-refractivity contribution is 0.209. The van der Waals surface area contributed by atoms with Gasteiger partial charge in [0.1, 0.15) is 11.6 Å². The average Bonchev–Trinajstić information content (AvgIpc) is 2.95. The highest BCUT2D eigenvalue weighted by atomic mass is 32.2. The molecular weight excluding hydrogens is 536 g/mol. The molecule has 10 heteroatoms. The van der Waals surface area contributed by atoms with Crippen LogP contribution in [0.3, 0.4) is 0 Å². The van der Waals surface area contributed by atoms with Crippen LogP contribution >= 0.6 is 0 Å². The largest absolute Gasteiger partial charge is 0.488 e. The highest BCUT2D eigenvalue weighted by molar-refractivity contribution is 7.79. The number of aromatic nitrogens is 2. The number of benzene rings is 2. The second-order valence-electron chi connectivity index (χ2n) is 11.2. The van der Waals surface area contributed by atoms with Gasteiger partial charge in [0.25, 0.3) is 0 Å². The number of rotatable bonds is 12. The van der Waals surface area contributed by atoms with Crippen molar-refractivity contribution < 1.29 is 13.5 Å². The van der Waals surface area contributed by atoms with Crippen LogP contribution in [0.4, 0.5) is 23.1 Å². The molecule has 1 aliphatic carbocycles. The molecule has 0 spiro atoms. The number of ether oxygens (including phenoxy) is 1. The first-order chi connectivity index (χ1) is 19.7. The van der Waals surface area contributed by atoms with E-state index in [2.05, 4.69) is 65.9 Å². The van der Waals surface area contributed by atoms with Crippen LogP contribution in [0.1, 0.15) is 61.6 Å². The Morgan fingerprint density at radius 2 is 1.80 bits per heavy atom. The van der Waals surface area contributed by atoms with Gasteiger partial charge in [-0.05, 0) is 122 Å². The van der Waals surface area contributed by atoms with Crippen molar-refractivity contribution >= 4 is 34.2 Å². The summed E-state index contributed by atoms with van der Waals surface area (Å²) >= 11 is -2.13. The van der Waals surface area contributed by atoms with Crippen LogP contribution in [-0.2, 0) is 11.1 Å². The third-order valence-corrected chi connectivity index (χ3v) is 8.64. The zero-order valence-electron chi connectivity index (χ0n) is 25.0. The Balaban J connectivity index is 1.62. The molecule has 41 heavy (non-hydrogen) atoms. The molecule has 1 saturated carbocycles. The van der Waals surface area contributed by atoms with Gasteiger partial charge < -0.3 is 30.1 Å². The summed E-state index contributed by atoms with van der Waals surface area (Å²) in [6.45, 7) is 7.03. The molecule has 1 fully saturated rings. The fourth-order valence-electron chi connectivity index (χ4n) is 5.46. The van der Waals surface area contributed by atoms with E-state index in [4.69, 9.17) is 9.72 Å². The predicted octanol–water partition coefficient (Wildman–Crippen LogP) is 6.13. The molecule has 222 valence electrons. The van der Waals surface area contributed by atoms with Crippen molar-refractivity contribution in [1.29, 1.82) is 0 Å². The first-order valence-electron chi connectivity index (χ1n) is 14.4. The summed E-state index contributed by atoms with van der Waals surface area (Å²) in [6, 6.07) is 11.9. The van der Waals surface area contributed by atoms with E-state index in [1.807, 2.05) is 20.0 Å². The van der Waals surface area contributed by atoms with Crippen LogP contribution in [0.5, 0.6) is 5.75 Å². The quantitative estimate of drug-likeness (QED) is 0.188. The normalized spacial score (nSPS) is 18.6. The number of nitrogens with zero attached hydrogens (tertiary/aromatic N) is 3. The van der Waals surface area contributed by atoms with E-state index in [9.17, 15) is 8.76 Å². The third kappa shape index (κ3) is 8.03. The van der Waals surface area contributed by atoms with Crippen molar-refractivity contribution in [2.24, 2.45) is 0 Å². The maximum absolute atomic E-state index is 11.8. The second kappa shape index (κ2) is 14.2. The number of anilines is 4. The Labute approximate surface area is 246 Å². The van der Waals surface area contributed by atoms with Crippen molar-refractivity contribution in [3.63, 3.8) is 0 Å². The molecule has 9 nitrogen and oxygen atoms in total. The molecule has 1 aliphatic rings. The smallest absolute Gasteiger partial charge is 0.229 e. The Hall–Kier alpha value is -3.05. The van der Waals surface area contributed by atoms with Crippen molar-refractivity contribution in [1.82, 2.24) is 20.2 Å². The number of para-hydroxylation sites is 1. The highest BCUT2D eigenvalue weighted by Crippen LogP contribution is 2.40. The molecule has 4 N–H and O–H groups in total. The summed E-state index contributed by atoms with van der Waals surface area (Å²) in [5.74, 6) is 2.27. The number of hydrogen-bond acceptors (Lipinski definition) is 8. The van der Waals surface area contributed by atoms with Crippen molar-refractivity contribution in [2.45, 2.75) is 75.8 Å². The summed E-state index contributed by atoms with van der Waals surface area (Å²) in [5.41, 5.74) is 4.72. The zero-order valence-corrected chi connectivity index (χ0v) is 25.8. The molecular formula is C31H44N6O3S. The van der Waals surface area contributed by atoms with E-state index in [1.165, 1.54) is 36.8 Å². The van der Waals surface area contributed by atoms with Gasteiger partial charge in [-0.1, -0.05) is 12.1 Å². The van der Waals surface area contributed by atoms with Gasteiger partial charge in [0.2, 0.25) is 5.95 Å². The van der Waals surface area contributed by atoms with Gasteiger partial charge in [-0.2, -0.15) is 4.98 Å². The van der Waals surface area contributed by atoms with Gasteiger partial charge in [0, 0.05) is 17.8 Å². The van der Waals surface area contributed by atoms with Gasteiger partial charge >= 0.3 is 0 Å². The lowest BCUT2D eigenvalue weighted by atomic mass is 9.79. The summed E-state index contributed by atoms with van der Waals surface area (Å²) in [5, 5.41) is 9.81. The van der Waals surface area contributed by atoms with Crippen LogP contribution < -0.4 is 20.7 Å². The van der Waals surface area contributed by atoms with Crippen LogP contribution in [-0.4, -0.2) is 63.5 Å². The monoisotopic (exact) mass is 580 g/mol. The first kappa shape index (κ1) is 30.9. The van der Waals surface area contributed by atoms with Crippen molar-refractivity contribution in [3.05, 3.63) is 59.3 Å². The Morgan fingerprint density at radius 1 is 1.07 bits per heavy atom. The molecule has 2 atom stereocenters.